The average molecular weight is 262 g/mol. The summed E-state index contributed by atoms with van der Waals surface area (Å²) < 4.78 is 1.20. The van der Waals surface area contributed by atoms with Crippen LogP contribution in [0.25, 0.3) is 21.7 Å². The molecule has 19 heavy (non-hydrogen) atoms. The van der Waals surface area contributed by atoms with E-state index in [1.165, 1.54) is 4.70 Å². The predicted octanol–water partition coefficient (Wildman–Crippen LogP) is 4.36. The summed E-state index contributed by atoms with van der Waals surface area (Å²) in [5.41, 5.74) is 2.60. The standard InChI is InChI=1S/C16H10N2S/c17-9-13(8-12-4-3-7-18-10-12)15-11-19-16-6-2-1-5-14(15)16/h1-8,10-11H/b13-8+. The second kappa shape index (κ2) is 5.05. The third kappa shape index (κ3) is 2.26. The number of fused-ring (bicyclic) bond motifs is 1. The molecule has 3 aromatic rings. The van der Waals surface area contributed by atoms with E-state index < -0.39 is 0 Å². The maximum Gasteiger partial charge on any atom is 0.0998 e. The van der Waals surface area contributed by atoms with Crippen LogP contribution in [0.15, 0.2) is 54.2 Å². The fourth-order valence-electron chi connectivity index (χ4n) is 1.98. The number of nitrogens with zero attached hydrogens (tertiary/aromatic N) is 2. The van der Waals surface area contributed by atoms with Crippen LogP contribution in [-0.4, -0.2) is 4.98 Å². The first-order valence-corrected chi connectivity index (χ1v) is 6.75. The lowest BCUT2D eigenvalue weighted by Gasteiger charge is -1.98. The average Bonchev–Trinajstić information content (AvgIpc) is 2.90. The van der Waals surface area contributed by atoms with Gasteiger partial charge in [0.1, 0.15) is 0 Å². The molecule has 0 unspecified atom stereocenters. The molecule has 0 N–H and O–H groups in total. The Kier molecular flexibility index (Phi) is 3.09. The first-order chi connectivity index (χ1) is 9.38. The van der Waals surface area contributed by atoms with Gasteiger partial charge in [-0.3, -0.25) is 4.98 Å². The Bertz CT molecular complexity index is 779. The van der Waals surface area contributed by atoms with Gasteiger partial charge in [-0.1, -0.05) is 24.3 Å². The van der Waals surface area contributed by atoms with Crippen LogP contribution in [0.4, 0.5) is 0 Å². The maximum atomic E-state index is 9.38. The van der Waals surface area contributed by atoms with E-state index in [2.05, 4.69) is 23.2 Å². The molecule has 0 radical (unpaired) electrons. The highest BCUT2D eigenvalue weighted by atomic mass is 32.1. The molecule has 2 aromatic heterocycles. The van der Waals surface area contributed by atoms with Crippen molar-refractivity contribution in [3.8, 4) is 6.07 Å². The van der Waals surface area contributed by atoms with Crippen molar-refractivity contribution in [2.45, 2.75) is 0 Å². The van der Waals surface area contributed by atoms with Gasteiger partial charge in [-0.25, -0.2) is 0 Å². The summed E-state index contributed by atoms with van der Waals surface area (Å²) in [5.74, 6) is 0. The predicted molar refractivity (Wildman–Crippen MR) is 79.5 cm³/mol. The van der Waals surface area contributed by atoms with Gasteiger partial charge >= 0.3 is 0 Å². The molecule has 90 valence electrons. The number of hydrogen-bond donors (Lipinski definition) is 0. The molecular formula is C16H10N2S. The zero-order valence-electron chi connectivity index (χ0n) is 10.1. The first kappa shape index (κ1) is 11.6. The maximum absolute atomic E-state index is 9.38. The van der Waals surface area contributed by atoms with E-state index in [9.17, 15) is 5.26 Å². The minimum atomic E-state index is 0.672. The Hall–Kier alpha value is -2.44. The summed E-state index contributed by atoms with van der Waals surface area (Å²) in [4.78, 5) is 4.06. The second-order valence-electron chi connectivity index (χ2n) is 4.10. The minimum Gasteiger partial charge on any atom is -0.264 e. The number of pyridine rings is 1. The lowest BCUT2D eigenvalue weighted by Crippen LogP contribution is -1.81. The Morgan fingerprint density at radius 3 is 2.89 bits per heavy atom. The summed E-state index contributed by atoms with van der Waals surface area (Å²) in [6, 6.07) is 14.2. The Morgan fingerprint density at radius 2 is 2.11 bits per heavy atom. The van der Waals surface area contributed by atoms with Crippen molar-refractivity contribution in [3.05, 3.63) is 65.3 Å². The van der Waals surface area contributed by atoms with Crippen LogP contribution in [0.5, 0.6) is 0 Å². The van der Waals surface area contributed by atoms with E-state index in [0.717, 1.165) is 16.5 Å². The quantitative estimate of drug-likeness (QED) is 0.643. The van der Waals surface area contributed by atoms with Gasteiger partial charge in [-0.05, 0) is 23.8 Å². The summed E-state index contributed by atoms with van der Waals surface area (Å²) >= 11 is 1.66. The van der Waals surface area contributed by atoms with Crippen molar-refractivity contribution in [1.82, 2.24) is 4.98 Å². The van der Waals surface area contributed by atoms with Crippen molar-refractivity contribution >= 4 is 33.1 Å². The van der Waals surface area contributed by atoms with Gasteiger partial charge in [0.05, 0.1) is 11.6 Å². The van der Waals surface area contributed by atoms with E-state index in [1.54, 1.807) is 23.7 Å². The zero-order chi connectivity index (χ0) is 13.1. The molecule has 0 amide bonds. The summed E-state index contributed by atoms with van der Waals surface area (Å²) in [6.45, 7) is 0. The van der Waals surface area contributed by atoms with Gasteiger partial charge in [-0.15, -0.1) is 11.3 Å². The summed E-state index contributed by atoms with van der Waals surface area (Å²) in [6.07, 6.45) is 5.36. The molecule has 0 saturated heterocycles. The Balaban J connectivity index is 2.14. The molecular weight excluding hydrogens is 252 g/mol. The minimum absolute atomic E-state index is 0.672. The molecule has 0 saturated carbocycles. The van der Waals surface area contributed by atoms with Gasteiger partial charge in [0.15, 0.2) is 0 Å². The number of aromatic nitrogens is 1. The van der Waals surface area contributed by atoms with Crippen molar-refractivity contribution < 1.29 is 0 Å². The molecule has 0 aliphatic rings. The lowest BCUT2D eigenvalue weighted by atomic mass is 10.0. The fourth-order valence-corrected chi connectivity index (χ4v) is 2.95. The topological polar surface area (TPSA) is 36.7 Å². The van der Waals surface area contributed by atoms with Crippen LogP contribution in [0.3, 0.4) is 0 Å². The van der Waals surface area contributed by atoms with E-state index in [4.69, 9.17) is 0 Å². The smallest absolute Gasteiger partial charge is 0.0998 e. The fraction of sp³-hybridized carbons (Fsp3) is 0. The van der Waals surface area contributed by atoms with Gasteiger partial charge in [0.2, 0.25) is 0 Å². The van der Waals surface area contributed by atoms with E-state index in [1.807, 2.05) is 35.7 Å². The van der Waals surface area contributed by atoms with Crippen molar-refractivity contribution in [2.24, 2.45) is 0 Å². The molecule has 2 heterocycles. The highest BCUT2D eigenvalue weighted by Crippen LogP contribution is 2.31. The van der Waals surface area contributed by atoms with Gasteiger partial charge in [0, 0.05) is 33.4 Å². The molecule has 0 atom stereocenters. The molecule has 3 heteroatoms. The summed E-state index contributed by atoms with van der Waals surface area (Å²) in [7, 11) is 0. The van der Waals surface area contributed by atoms with Crippen LogP contribution < -0.4 is 0 Å². The lowest BCUT2D eigenvalue weighted by molar-refractivity contribution is 1.32. The van der Waals surface area contributed by atoms with Crippen LogP contribution in [0.1, 0.15) is 11.1 Å². The Morgan fingerprint density at radius 1 is 1.21 bits per heavy atom. The molecule has 0 fully saturated rings. The van der Waals surface area contributed by atoms with Gasteiger partial charge in [0.25, 0.3) is 0 Å². The van der Waals surface area contributed by atoms with Crippen LogP contribution >= 0.6 is 11.3 Å². The van der Waals surface area contributed by atoms with Crippen molar-refractivity contribution in [1.29, 1.82) is 5.26 Å². The molecule has 0 aliphatic carbocycles. The molecule has 3 rings (SSSR count). The van der Waals surface area contributed by atoms with E-state index in [0.29, 0.717) is 5.57 Å². The normalized spacial score (nSPS) is 11.4. The number of benzene rings is 1. The third-order valence-corrected chi connectivity index (χ3v) is 3.85. The molecule has 0 aliphatic heterocycles. The Labute approximate surface area is 115 Å². The summed E-state index contributed by atoms with van der Waals surface area (Å²) in [5, 5.41) is 12.6. The highest BCUT2D eigenvalue weighted by Gasteiger charge is 2.08. The van der Waals surface area contributed by atoms with E-state index >= 15 is 0 Å². The monoisotopic (exact) mass is 262 g/mol. The van der Waals surface area contributed by atoms with Crippen LogP contribution in [-0.2, 0) is 0 Å². The molecule has 2 nitrogen and oxygen atoms in total. The van der Waals surface area contributed by atoms with Crippen LogP contribution in [0.2, 0.25) is 0 Å². The molecule has 0 spiro atoms. The first-order valence-electron chi connectivity index (χ1n) is 5.87. The molecule has 0 bridgehead atoms. The van der Waals surface area contributed by atoms with Gasteiger partial charge in [-0.2, -0.15) is 5.26 Å². The van der Waals surface area contributed by atoms with Crippen molar-refractivity contribution in [3.63, 3.8) is 0 Å². The van der Waals surface area contributed by atoms with Crippen LogP contribution in [0, 0.1) is 11.3 Å². The number of nitriles is 1. The largest absolute Gasteiger partial charge is 0.264 e. The van der Waals surface area contributed by atoms with Gasteiger partial charge < -0.3 is 0 Å². The third-order valence-electron chi connectivity index (χ3n) is 2.89. The zero-order valence-corrected chi connectivity index (χ0v) is 10.9. The number of thiophene rings is 1. The second-order valence-corrected chi connectivity index (χ2v) is 5.01. The SMILES string of the molecule is N#C/C(=C\c1cccnc1)c1csc2ccccc12. The highest BCUT2D eigenvalue weighted by molar-refractivity contribution is 7.17. The molecule has 1 aromatic carbocycles. The number of hydrogen-bond acceptors (Lipinski definition) is 3. The number of rotatable bonds is 2. The number of allylic oxidation sites excluding steroid dienone is 1. The van der Waals surface area contributed by atoms with E-state index in [-0.39, 0.29) is 0 Å². The van der Waals surface area contributed by atoms with Crippen molar-refractivity contribution in [2.75, 3.05) is 0 Å².